The number of hydrogen-bond acceptors (Lipinski definition) is 4. The Hall–Kier alpha value is -4.16. The SMILES string of the molecule is O=C(Nc1ccc(N2CCN(Cc3ccccc3F)CC2)cc1)c1cccc(OCc2ccccc2)c1. The average molecular weight is 496 g/mol. The predicted molar refractivity (Wildman–Crippen MR) is 146 cm³/mol. The normalized spacial score (nSPS) is 13.8. The van der Waals surface area contributed by atoms with Crippen LogP contribution in [0.4, 0.5) is 15.8 Å². The Morgan fingerprint density at radius 3 is 2.30 bits per heavy atom. The van der Waals surface area contributed by atoms with E-state index in [-0.39, 0.29) is 11.7 Å². The van der Waals surface area contributed by atoms with Crippen molar-refractivity contribution in [2.75, 3.05) is 36.4 Å². The maximum atomic E-state index is 14.0. The molecule has 0 saturated carbocycles. The second-order valence-corrected chi connectivity index (χ2v) is 9.16. The summed E-state index contributed by atoms with van der Waals surface area (Å²) in [6.07, 6.45) is 0. The third-order valence-electron chi connectivity index (χ3n) is 6.56. The average Bonchev–Trinajstić information content (AvgIpc) is 2.95. The predicted octanol–water partition coefficient (Wildman–Crippen LogP) is 5.98. The highest BCUT2D eigenvalue weighted by Crippen LogP contribution is 2.22. The van der Waals surface area contributed by atoms with E-state index in [1.54, 1.807) is 18.2 Å². The minimum absolute atomic E-state index is 0.144. The van der Waals surface area contributed by atoms with Gasteiger partial charge in [0.1, 0.15) is 18.2 Å². The number of rotatable bonds is 8. The van der Waals surface area contributed by atoms with Gasteiger partial charge in [-0.05, 0) is 54.1 Å². The highest BCUT2D eigenvalue weighted by Gasteiger charge is 2.18. The quantitative estimate of drug-likeness (QED) is 0.327. The zero-order valence-corrected chi connectivity index (χ0v) is 20.6. The molecule has 0 radical (unpaired) electrons. The van der Waals surface area contributed by atoms with Crippen LogP contribution in [0.1, 0.15) is 21.5 Å². The fraction of sp³-hybridized carbons (Fsp3) is 0.194. The standard InChI is InChI=1S/C31H30FN3O2/c32-30-12-5-4-9-26(30)22-34-17-19-35(20-18-34)28-15-13-27(14-16-28)33-31(36)25-10-6-11-29(21-25)37-23-24-7-2-1-3-8-24/h1-16,21H,17-20,22-23H2,(H,33,36). The molecule has 5 nitrogen and oxygen atoms in total. The number of nitrogens with zero attached hydrogens (tertiary/aromatic N) is 2. The van der Waals surface area contributed by atoms with Crippen molar-refractivity contribution in [1.82, 2.24) is 4.90 Å². The maximum absolute atomic E-state index is 14.0. The number of halogens is 1. The number of carbonyl (C=O) groups is 1. The molecular formula is C31H30FN3O2. The van der Waals surface area contributed by atoms with Crippen molar-refractivity contribution in [1.29, 1.82) is 0 Å². The van der Waals surface area contributed by atoms with Gasteiger partial charge in [-0.3, -0.25) is 9.69 Å². The van der Waals surface area contributed by atoms with Gasteiger partial charge < -0.3 is 15.0 Å². The van der Waals surface area contributed by atoms with E-state index in [0.717, 1.165) is 48.7 Å². The smallest absolute Gasteiger partial charge is 0.255 e. The second-order valence-electron chi connectivity index (χ2n) is 9.16. The molecule has 6 heteroatoms. The van der Waals surface area contributed by atoms with Gasteiger partial charge in [-0.2, -0.15) is 0 Å². The highest BCUT2D eigenvalue weighted by molar-refractivity contribution is 6.04. The van der Waals surface area contributed by atoms with Crippen molar-refractivity contribution in [2.24, 2.45) is 0 Å². The van der Waals surface area contributed by atoms with Crippen LogP contribution in [0, 0.1) is 5.82 Å². The molecule has 1 saturated heterocycles. The number of amides is 1. The Bertz CT molecular complexity index is 1320. The number of anilines is 2. The molecule has 1 aliphatic heterocycles. The Kier molecular flexibility index (Phi) is 7.77. The summed E-state index contributed by atoms with van der Waals surface area (Å²) in [6.45, 7) is 4.56. The molecule has 1 amide bonds. The summed E-state index contributed by atoms with van der Waals surface area (Å²) < 4.78 is 19.8. The van der Waals surface area contributed by atoms with Crippen LogP contribution >= 0.6 is 0 Å². The first-order valence-electron chi connectivity index (χ1n) is 12.5. The summed E-state index contributed by atoms with van der Waals surface area (Å²) in [5, 5.41) is 2.97. The zero-order chi connectivity index (χ0) is 25.5. The molecule has 4 aromatic carbocycles. The molecule has 0 spiro atoms. The minimum atomic E-state index is -0.181. The van der Waals surface area contributed by atoms with Crippen LogP contribution in [0.5, 0.6) is 5.75 Å². The highest BCUT2D eigenvalue weighted by atomic mass is 19.1. The van der Waals surface area contributed by atoms with Crippen molar-refractivity contribution < 1.29 is 13.9 Å². The lowest BCUT2D eigenvalue weighted by molar-refractivity contribution is 0.102. The number of hydrogen-bond donors (Lipinski definition) is 1. The molecule has 1 fully saturated rings. The molecule has 1 N–H and O–H groups in total. The Balaban J connectivity index is 1.13. The molecule has 1 heterocycles. The fourth-order valence-electron chi connectivity index (χ4n) is 4.46. The van der Waals surface area contributed by atoms with E-state index >= 15 is 0 Å². The third-order valence-corrected chi connectivity index (χ3v) is 6.56. The minimum Gasteiger partial charge on any atom is -0.489 e. The van der Waals surface area contributed by atoms with Gasteiger partial charge in [0.15, 0.2) is 0 Å². The van der Waals surface area contributed by atoms with Crippen LogP contribution in [0.2, 0.25) is 0 Å². The van der Waals surface area contributed by atoms with Gasteiger partial charge in [-0.15, -0.1) is 0 Å². The van der Waals surface area contributed by atoms with Crippen molar-refractivity contribution >= 4 is 17.3 Å². The van der Waals surface area contributed by atoms with Gasteiger partial charge in [0.05, 0.1) is 0 Å². The van der Waals surface area contributed by atoms with E-state index in [0.29, 0.717) is 24.5 Å². The molecule has 0 unspecified atom stereocenters. The van der Waals surface area contributed by atoms with Gasteiger partial charge in [0.2, 0.25) is 0 Å². The molecule has 5 rings (SSSR count). The van der Waals surface area contributed by atoms with E-state index < -0.39 is 0 Å². The molecule has 0 aromatic heterocycles. The van der Waals surface area contributed by atoms with E-state index in [2.05, 4.69) is 15.1 Å². The molecule has 37 heavy (non-hydrogen) atoms. The van der Waals surface area contributed by atoms with Crippen molar-refractivity contribution in [3.8, 4) is 5.75 Å². The number of ether oxygens (including phenoxy) is 1. The molecule has 0 bridgehead atoms. The third kappa shape index (κ3) is 6.54. The first-order valence-corrected chi connectivity index (χ1v) is 12.5. The molecule has 0 aliphatic carbocycles. The van der Waals surface area contributed by atoms with E-state index in [4.69, 9.17) is 4.74 Å². The lowest BCUT2D eigenvalue weighted by atomic mass is 10.1. The van der Waals surface area contributed by atoms with E-state index in [1.165, 1.54) is 6.07 Å². The molecule has 4 aromatic rings. The maximum Gasteiger partial charge on any atom is 0.255 e. The van der Waals surface area contributed by atoms with Crippen molar-refractivity contribution in [3.05, 3.63) is 126 Å². The van der Waals surface area contributed by atoms with Crippen LogP contribution in [0.25, 0.3) is 0 Å². The number of benzene rings is 4. The van der Waals surface area contributed by atoms with Crippen LogP contribution in [-0.4, -0.2) is 37.0 Å². The summed E-state index contributed by atoms with van der Waals surface area (Å²) >= 11 is 0. The first-order chi connectivity index (χ1) is 18.1. The lowest BCUT2D eigenvalue weighted by Crippen LogP contribution is -2.46. The van der Waals surface area contributed by atoms with Gasteiger partial charge in [0, 0.05) is 55.2 Å². The Morgan fingerprint density at radius 1 is 0.811 bits per heavy atom. The monoisotopic (exact) mass is 495 g/mol. The second kappa shape index (κ2) is 11.7. The topological polar surface area (TPSA) is 44.8 Å². The van der Waals surface area contributed by atoms with Crippen LogP contribution in [0.3, 0.4) is 0 Å². The largest absolute Gasteiger partial charge is 0.489 e. The summed E-state index contributed by atoms with van der Waals surface area (Å²) in [7, 11) is 0. The summed E-state index contributed by atoms with van der Waals surface area (Å²) in [4.78, 5) is 17.4. The summed E-state index contributed by atoms with van der Waals surface area (Å²) in [5.41, 5.74) is 4.20. The van der Waals surface area contributed by atoms with Gasteiger partial charge >= 0.3 is 0 Å². The van der Waals surface area contributed by atoms with Crippen molar-refractivity contribution in [2.45, 2.75) is 13.2 Å². The van der Waals surface area contributed by atoms with Crippen LogP contribution < -0.4 is 15.0 Å². The lowest BCUT2D eigenvalue weighted by Gasteiger charge is -2.36. The molecule has 0 atom stereocenters. The van der Waals surface area contributed by atoms with Gasteiger partial charge in [-0.25, -0.2) is 4.39 Å². The fourth-order valence-corrected chi connectivity index (χ4v) is 4.46. The zero-order valence-electron chi connectivity index (χ0n) is 20.6. The number of carbonyl (C=O) groups excluding carboxylic acids is 1. The molecule has 188 valence electrons. The molecule has 1 aliphatic rings. The number of piperazine rings is 1. The summed E-state index contributed by atoms with van der Waals surface area (Å²) in [6, 6.07) is 32.0. The van der Waals surface area contributed by atoms with Gasteiger partial charge in [-0.1, -0.05) is 54.6 Å². The first kappa shape index (κ1) is 24.5. The van der Waals surface area contributed by atoms with Crippen LogP contribution in [-0.2, 0) is 13.2 Å². The summed E-state index contributed by atoms with van der Waals surface area (Å²) in [5.74, 6) is 0.328. The van der Waals surface area contributed by atoms with E-state index in [9.17, 15) is 9.18 Å². The number of nitrogens with one attached hydrogen (secondary N) is 1. The molecular weight excluding hydrogens is 465 g/mol. The van der Waals surface area contributed by atoms with Crippen molar-refractivity contribution in [3.63, 3.8) is 0 Å². The Labute approximate surface area is 217 Å². The van der Waals surface area contributed by atoms with Crippen LogP contribution in [0.15, 0.2) is 103 Å². The Morgan fingerprint density at radius 2 is 1.54 bits per heavy atom. The van der Waals surface area contributed by atoms with Gasteiger partial charge in [0.25, 0.3) is 5.91 Å². The van der Waals surface area contributed by atoms with E-state index in [1.807, 2.05) is 78.9 Å².